The molecule has 0 aliphatic heterocycles. The minimum absolute atomic E-state index is 0.145. The molecule has 0 unspecified atom stereocenters. The molecule has 70 valence electrons. The van der Waals surface area contributed by atoms with E-state index < -0.39 is 0 Å². The summed E-state index contributed by atoms with van der Waals surface area (Å²) in [6.07, 6.45) is 2.75. The lowest BCUT2D eigenvalue weighted by molar-refractivity contribution is 0.589. The van der Waals surface area contributed by atoms with E-state index in [2.05, 4.69) is 11.9 Å². The fourth-order valence-electron chi connectivity index (χ4n) is 1.07. The van der Waals surface area contributed by atoms with E-state index >= 15 is 0 Å². The number of benzene rings is 1. The highest BCUT2D eigenvalue weighted by atomic mass is 19.1. The van der Waals surface area contributed by atoms with Gasteiger partial charge in [0.15, 0.2) is 0 Å². The second kappa shape index (κ2) is 5.49. The molecule has 0 fully saturated rings. The van der Waals surface area contributed by atoms with Crippen LogP contribution >= 0.6 is 0 Å². The summed E-state index contributed by atoms with van der Waals surface area (Å²) in [5.74, 6) is -0.145. The Morgan fingerprint density at radius 1 is 1.38 bits per heavy atom. The highest BCUT2D eigenvalue weighted by molar-refractivity contribution is 5.16. The quantitative estimate of drug-likeness (QED) is 0.541. The molecule has 0 radical (unpaired) electrons. The molecule has 1 N–H and O–H groups in total. The molecule has 0 heterocycles. The number of nitrogens with one attached hydrogen (secondary N) is 1. The summed E-state index contributed by atoms with van der Waals surface area (Å²) in [6, 6.07) is 6.80. The second-order valence-electron chi connectivity index (χ2n) is 2.85. The molecule has 0 aromatic heterocycles. The van der Waals surface area contributed by atoms with Gasteiger partial charge in [-0.2, -0.15) is 0 Å². The van der Waals surface area contributed by atoms with Gasteiger partial charge < -0.3 is 5.32 Å². The van der Waals surface area contributed by atoms with Gasteiger partial charge in [0, 0.05) is 12.1 Å². The summed E-state index contributed by atoms with van der Waals surface area (Å²) in [4.78, 5) is 0. The maximum Gasteiger partial charge on any atom is 0.127 e. The fourth-order valence-corrected chi connectivity index (χ4v) is 1.07. The molecule has 0 amide bonds. The van der Waals surface area contributed by atoms with E-state index in [4.69, 9.17) is 0 Å². The van der Waals surface area contributed by atoms with Crippen molar-refractivity contribution >= 4 is 0 Å². The zero-order valence-corrected chi connectivity index (χ0v) is 7.59. The molecule has 0 aliphatic carbocycles. The van der Waals surface area contributed by atoms with Crippen molar-refractivity contribution in [2.45, 2.75) is 13.0 Å². The van der Waals surface area contributed by atoms with E-state index in [9.17, 15) is 4.39 Å². The first kappa shape index (κ1) is 9.93. The Balaban J connectivity index is 2.36. The Morgan fingerprint density at radius 2 is 2.15 bits per heavy atom. The summed E-state index contributed by atoms with van der Waals surface area (Å²) >= 11 is 0. The average Bonchev–Trinajstić information content (AvgIpc) is 2.15. The summed E-state index contributed by atoms with van der Waals surface area (Å²) in [5, 5.41) is 3.13. The second-order valence-corrected chi connectivity index (χ2v) is 2.85. The van der Waals surface area contributed by atoms with Crippen molar-refractivity contribution in [2.24, 2.45) is 0 Å². The molecule has 0 saturated heterocycles. The Morgan fingerprint density at radius 3 is 2.85 bits per heavy atom. The number of hydrogen-bond acceptors (Lipinski definition) is 1. The van der Waals surface area contributed by atoms with Crippen LogP contribution in [-0.4, -0.2) is 6.54 Å². The normalized spacial score (nSPS) is 9.92. The molecular weight excluding hydrogens is 165 g/mol. The van der Waals surface area contributed by atoms with Gasteiger partial charge in [-0.25, -0.2) is 4.39 Å². The van der Waals surface area contributed by atoms with Gasteiger partial charge in [0.05, 0.1) is 0 Å². The first-order chi connectivity index (χ1) is 6.34. The molecule has 0 spiro atoms. The predicted molar refractivity (Wildman–Crippen MR) is 52.9 cm³/mol. The van der Waals surface area contributed by atoms with Crippen molar-refractivity contribution in [2.75, 3.05) is 6.54 Å². The largest absolute Gasteiger partial charge is 0.312 e. The number of hydrogen-bond donors (Lipinski definition) is 1. The molecule has 13 heavy (non-hydrogen) atoms. The molecule has 2 heteroatoms. The summed E-state index contributed by atoms with van der Waals surface area (Å²) in [6.45, 7) is 5.04. The zero-order chi connectivity index (χ0) is 9.52. The van der Waals surface area contributed by atoms with Crippen LogP contribution < -0.4 is 5.32 Å². The molecule has 0 bridgehead atoms. The van der Waals surface area contributed by atoms with Crippen LogP contribution in [0.5, 0.6) is 0 Å². The smallest absolute Gasteiger partial charge is 0.127 e. The van der Waals surface area contributed by atoms with Gasteiger partial charge in [0.1, 0.15) is 5.82 Å². The van der Waals surface area contributed by atoms with Crippen LogP contribution in [-0.2, 0) is 6.54 Å². The molecule has 1 rings (SSSR count). The van der Waals surface area contributed by atoms with Crippen LogP contribution in [0.2, 0.25) is 0 Å². The Hall–Kier alpha value is -1.15. The monoisotopic (exact) mass is 179 g/mol. The molecule has 1 nitrogen and oxygen atoms in total. The average molecular weight is 179 g/mol. The van der Waals surface area contributed by atoms with E-state index in [1.807, 2.05) is 12.1 Å². The number of halogens is 1. The van der Waals surface area contributed by atoms with Crippen LogP contribution in [0.1, 0.15) is 12.0 Å². The maximum absolute atomic E-state index is 13.0. The summed E-state index contributed by atoms with van der Waals surface area (Å²) in [7, 11) is 0. The fraction of sp³-hybridized carbons (Fsp3) is 0.273. The van der Waals surface area contributed by atoms with Crippen molar-refractivity contribution in [3.05, 3.63) is 48.3 Å². The SMILES string of the molecule is C=CCCNCc1ccccc1F. The van der Waals surface area contributed by atoms with Crippen LogP contribution in [0.3, 0.4) is 0 Å². The van der Waals surface area contributed by atoms with Crippen LogP contribution in [0, 0.1) is 5.82 Å². The lowest BCUT2D eigenvalue weighted by Crippen LogP contribution is -2.14. The predicted octanol–water partition coefficient (Wildman–Crippen LogP) is 2.49. The first-order valence-corrected chi connectivity index (χ1v) is 4.39. The van der Waals surface area contributed by atoms with Crippen LogP contribution in [0.15, 0.2) is 36.9 Å². The van der Waals surface area contributed by atoms with Gasteiger partial charge in [-0.1, -0.05) is 24.3 Å². The first-order valence-electron chi connectivity index (χ1n) is 4.39. The van der Waals surface area contributed by atoms with Gasteiger partial charge in [-0.15, -0.1) is 6.58 Å². The molecule has 0 saturated carbocycles. The Bertz CT molecular complexity index is 271. The van der Waals surface area contributed by atoms with Crippen molar-refractivity contribution in [3.63, 3.8) is 0 Å². The molecular formula is C11H14FN. The van der Waals surface area contributed by atoms with Gasteiger partial charge >= 0.3 is 0 Å². The molecule has 1 aromatic carbocycles. The highest BCUT2D eigenvalue weighted by Gasteiger charge is 1.97. The van der Waals surface area contributed by atoms with Crippen molar-refractivity contribution in [1.29, 1.82) is 0 Å². The van der Waals surface area contributed by atoms with Gasteiger partial charge in [0.25, 0.3) is 0 Å². The highest BCUT2D eigenvalue weighted by Crippen LogP contribution is 2.05. The van der Waals surface area contributed by atoms with Gasteiger partial charge in [-0.05, 0) is 19.0 Å². The minimum Gasteiger partial charge on any atom is -0.312 e. The third-order valence-corrected chi connectivity index (χ3v) is 1.80. The molecule has 0 atom stereocenters. The van der Waals surface area contributed by atoms with Crippen molar-refractivity contribution in [3.8, 4) is 0 Å². The van der Waals surface area contributed by atoms with Gasteiger partial charge in [0.2, 0.25) is 0 Å². The van der Waals surface area contributed by atoms with Gasteiger partial charge in [-0.3, -0.25) is 0 Å². The summed E-state index contributed by atoms with van der Waals surface area (Å²) in [5.41, 5.74) is 0.714. The Labute approximate surface area is 78.3 Å². The topological polar surface area (TPSA) is 12.0 Å². The minimum atomic E-state index is -0.145. The third-order valence-electron chi connectivity index (χ3n) is 1.80. The van der Waals surface area contributed by atoms with Crippen molar-refractivity contribution in [1.82, 2.24) is 5.32 Å². The summed E-state index contributed by atoms with van der Waals surface area (Å²) < 4.78 is 13.0. The maximum atomic E-state index is 13.0. The van der Waals surface area contributed by atoms with E-state index in [0.29, 0.717) is 12.1 Å². The molecule has 0 aliphatic rings. The third kappa shape index (κ3) is 3.38. The number of rotatable bonds is 5. The Kier molecular flexibility index (Phi) is 4.19. The van der Waals surface area contributed by atoms with E-state index in [1.54, 1.807) is 12.1 Å². The lowest BCUT2D eigenvalue weighted by Gasteiger charge is -2.03. The van der Waals surface area contributed by atoms with Crippen molar-refractivity contribution < 1.29 is 4.39 Å². The lowest BCUT2D eigenvalue weighted by atomic mass is 10.2. The van der Waals surface area contributed by atoms with E-state index in [-0.39, 0.29) is 5.82 Å². The zero-order valence-electron chi connectivity index (χ0n) is 7.59. The molecule has 1 aromatic rings. The van der Waals surface area contributed by atoms with Crippen LogP contribution in [0.4, 0.5) is 4.39 Å². The van der Waals surface area contributed by atoms with E-state index in [1.165, 1.54) is 6.07 Å². The van der Waals surface area contributed by atoms with Crippen LogP contribution in [0.25, 0.3) is 0 Å². The standard InChI is InChI=1S/C11H14FN/c1-2-3-8-13-9-10-6-4-5-7-11(10)12/h2,4-7,13H,1,3,8-9H2. The van der Waals surface area contributed by atoms with E-state index in [0.717, 1.165) is 13.0 Å².